The van der Waals surface area contributed by atoms with Crippen molar-refractivity contribution in [2.75, 3.05) is 4.90 Å². The second-order valence-corrected chi connectivity index (χ2v) is 6.40. The minimum atomic E-state index is -1.09. The standard InChI is InChI=1S/C18H21NO4/c1-12(16(20)21)19(17(22)23-18(2,3)4)15-10-9-13-7-5-6-8-14(13)11-15/h5-12H,1-4H3,(H,20,21)/t12-/m0/s1. The van der Waals surface area contributed by atoms with Crippen LogP contribution in [0.2, 0.25) is 0 Å². The van der Waals surface area contributed by atoms with Crippen LogP contribution in [0.25, 0.3) is 10.8 Å². The second kappa shape index (κ2) is 6.28. The first kappa shape index (κ1) is 16.8. The van der Waals surface area contributed by atoms with Gasteiger partial charge in [-0.25, -0.2) is 9.59 Å². The Labute approximate surface area is 135 Å². The third-order valence-electron chi connectivity index (χ3n) is 3.35. The predicted molar refractivity (Wildman–Crippen MR) is 89.8 cm³/mol. The van der Waals surface area contributed by atoms with Gasteiger partial charge in [-0.1, -0.05) is 30.3 Å². The number of aliphatic carboxylic acids is 1. The fourth-order valence-electron chi connectivity index (χ4n) is 2.24. The molecule has 0 bridgehead atoms. The number of carboxylic acids is 1. The van der Waals surface area contributed by atoms with E-state index in [1.165, 1.54) is 11.8 Å². The summed E-state index contributed by atoms with van der Waals surface area (Å²) in [5.74, 6) is -1.09. The predicted octanol–water partition coefficient (Wildman–Crippen LogP) is 4.05. The highest BCUT2D eigenvalue weighted by Crippen LogP contribution is 2.25. The van der Waals surface area contributed by atoms with Crippen molar-refractivity contribution < 1.29 is 19.4 Å². The molecule has 0 spiro atoms. The highest BCUT2D eigenvalue weighted by Gasteiger charge is 2.31. The van der Waals surface area contributed by atoms with Gasteiger partial charge in [0.05, 0.1) is 0 Å². The van der Waals surface area contributed by atoms with Gasteiger partial charge in [0.25, 0.3) is 0 Å². The lowest BCUT2D eigenvalue weighted by Crippen LogP contribution is -2.46. The molecule has 0 saturated heterocycles. The monoisotopic (exact) mass is 315 g/mol. The molecular weight excluding hydrogens is 294 g/mol. The lowest BCUT2D eigenvalue weighted by atomic mass is 10.1. The van der Waals surface area contributed by atoms with E-state index >= 15 is 0 Å². The van der Waals surface area contributed by atoms with E-state index in [1.54, 1.807) is 32.9 Å². The second-order valence-electron chi connectivity index (χ2n) is 6.40. The third-order valence-corrected chi connectivity index (χ3v) is 3.35. The summed E-state index contributed by atoms with van der Waals surface area (Å²) in [6.45, 7) is 6.69. The van der Waals surface area contributed by atoms with Gasteiger partial charge in [-0.2, -0.15) is 0 Å². The number of carbonyl (C=O) groups is 2. The van der Waals surface area contributed by atoms with Crippen molar-refractivity contribution >= 4 is 28.5 Å². The lowest BCUT2D eigenvalue weighted by Gasteiger charge is -2.30. The lowest BCUT2D eigenvalue weighted by molar-refractivity contribution is -0.138. The topological polar surface area (TPSA) is 66.8 Å². The summed E-state index contributed by atoms with van der Waals surface area (Å²) < 4.78 is 5.36. The molecule has 23 heavy (non-hydrogen) atoms. The van der Waals surface area contributed by atoms with Crippen LogP contribution in [0.5, 0.6) is 0 Å². The summed E-state index contributed by atoms with van der Waals surface area (Å²) in [5, 5.41) is 11.3. The normalized spacial score (nSPS) is 12.7. The maximum absolute atomic E-state index is 12.5. The molecule has 2 aromatic rings. The van der Waals surface area contributed by atoms with E-state index in [4.69, 9.17) is 4.74 Å². The van der Waals surface area contributed by atoms with E-state index in [0.29, 0.717) is 5.69 Å². The Balaban J connectivity index is 2.46. The minimum absolute atomic E-state index is 0.493. The smallest absolute Gasteiger partial charge is 0.415 e. The van der Waals surface area contributed by atoms with Crippen molar-refractivity contribution in [3.63, 3.8) is 0 Å². The number of benzene rings is 2. The summed E-state index contributed by atoms with van der Waals surface area (Å²) in [6, 6.07) is 12.0. The van der Waals surface area contributed by atoms with Crippen LogP contribution < -0.4 is 4.90 Å². The van der Waals surface area contributed by atoms with Gasteiger partial charge in [0.2, 0.25) is 0 Å². The average molecular weight is 315 g/mol. The Morgan fingerprint density at radius 2 is 1.70 bits per heavy atom. The van der Waals surface area contributed by atoms with E-state index in [1.807, 2.05) is 30.3 Å². The first-order chi connectivity index (χ1) is 10.7. The van der Waals surface area contributed by atoms with E-state index in [9.17, 15) is 14.7 Å². The van der Waals surface area contributed by atoms with Crippen LogP contribution in [0.4, 0.5) is 10.5 Å². The first-order valence-electron chi connectivity index (χ1n) is 7.43. The molecule has 5 nitrogen and oxygen atoms in total. The molecule has 0 heterocycles. The molecular formula is C18H21NO4. The van der Waals surface area contributed by atoms with Crippen LogP contribution in [0, 0.1) is 0 Å². The van der Waals surface area contributed by atoms with Crippen LogP contribution in [0.3, 0.4) is 0 Å². The highest BCUT2D eigenvalue weighted by molar-refractivity contribution is 5.97. The number of fused-ring (bicyclic) bond motifs is 1. The fourth-order valence-corrected chi connectivity index (χ4v) is 2.24. The number of hydrogen-bond donors (Lipinski definition) is 1. The highest BCUT2D eigenvalue weighted by atomic mass is 16.6. The quantitative estimate of drug-likeness (QED) is 0.927. The van der Waals surface area contributed by atoms with Gasteiger partial charge < -0.3 is 9.84 Å². The summed E-state index contributed by atoms with van der Waals surface area (Å²) in [4.78, 5) is 25.0. The maximum atomic E-state index is 12.5. The van der Waals surface area contributed by atoms with Crippen molar-refractivity contribution in [3.05, 3.63) is 42.5 Å². The van der Waals surface area contributed by atoms with Crippen LogP contribution in [-0.2, 0) is 9.53 Å². The molecule has 0 fully saturated rings. The molecule has 2 rings (SSSR count). The first-order valence-corrected chi connectivity index (χ1v) is 7.43. The van der Waals surface area contributed by atoms with Crippen LogP contribution >= 0.6 is 0 Å². The summed E-state index contributed by atoms with van der Waals surface area (Å²) in [6.07, 6.45) is -0.678. The average Bonchev–Trinajstić information content (AvgIpc) is 2.45. The number of amides is 1. The molecule has 0 radical (unpaired) electrons. The van der Waals surface area contributed by atoms with Crippen LogP contribution in [-0.4, -0.2) is 28.8 Å². The number of nitrogens with zero attached hydrogens (tertiary/aromatic N) is 1. The van der Waals surface area contributed by atoms with Gasteiger partial charge in [0.1, 0.15) is 11.6 Å². The number of ether oxygens (including phenoxy) is 1. The van der Waals surface area contributed by atoms with Crippen molar-refractivity contribution in [2.24, 2.45) is 0 Å². The van der Waals surface area contributed by atoms with Gasteiger partial charge in [-0.15, -0.1) is 0 Å². The van der Waals surface area contributed by atoms with Crippen molar-refractivity contribution in [1.29, 1.82) is 0 Å². The Hall–Kier alpha value is -2.56. The van der Waals surface area contributed by atoms with Crippen LogP contribution in [0.15, 0.2) is 42.5 Å². The SMILES string of the molecule is C[C@@H](C(=O)O)N(C(=O)OC(C)(C)C)c1ccc2ccccc2c1. The number of hydrogen-bond acceptors (Lipinski definition) is 3. The number of carbonyl (C=O) groups excluding carboxylic acids is 1. The molecule has 1 atom stereocenters. The Kier molecular flexibility index (Phi) is 4.59. The molecule has 0 aliphatic carbocycles. The zero-order valence-corrected chi connectivity index (χ0v) is 13.7. The molecule has 0 aromatic heterocycles. The summed E-state index contributed by atoms with van der Waals surface area (Å²) in [5.41, 5.74) is -0.211. The zero-order valence-electron chi connectivity index (χ0n) is 13.7. The van der Waals surface area contributed by atoms with E-state index in [2.05, 4.69) is 0 Å². The van der Waals surface area contributed by atoms with Gasteiger partial charge in [-0.3, -0.25) is 4.90 Å². The molecule has 2 aromatic carbocycles. The van der Waals surface area contributed by atoms with E-state index in [-0.39, 0.29) is 0 Å². The Bertz CT molecular complexity index is 733. The fraction of sp³-hybridized carbons (Fsp3) is 0.333. The van der Waals surface area contributed by atoms with Crippen molar-refractivity contribution in [1.82, 2.24) is 0 Å². The number of anilines is 1. The molecule has 122 valence electrons. The third kappa shape index (κ3) is 4.00. The molecule has 5 heteroatoms. The molecule has 1 N–H and O–H groups in total. The maximum Gasteiger partial charge on any atom is 0.415 e. The number of carboxylic acid groups (broad SMARTS) is 1. The summed E-state index contributed by atoms with van der Waals surface area (Å²) >= 11 is 0. The molecule has 0 aliphatic rings. The molecule has 0 aliphatic heterocycles. The molecule has 1 amide bonds. The minimum Gasteiger partial charge on any atom is -0.480 e. The van der Waals surface area contributed by atoms with E-state index < -0.39 is 23.7 Å². The molecule has 0 unspecified atom stereocenters. The zero-order chi connectivity index (χ0) is 17.2. The number of rotatable bonds is 3. The summed E-state index contributed by atoms with van der Waals surface area (Å²) in [7, 11) is 0. The van der Waals surface area contributed by atoms with Crippen molar-refractivity contribution in [3.8, 4) is 0 Å². The van der Waals surface area contributed by atoms with Gasteiger partial charge in [0, 0.05) is 5.69 Å². The van der Waals surface area contributed by atoms with Crippen LogP contribution in [0.1, 0.15) is 27.7 Å². The Morgan fingerprint density at radius 3 is 2.26 bits per heavy atom. The largest absolute Gasteiger partial charge is 0.480 e. The van der Waals surface area contributed by atoms with Gasteiger partial charge in [-0.05, 0) is 50.6 Å². The Morgan fingerprint density at radius 1 is 1.09 bits per heavy atom. The van der Waals surface area contributed by atoms with Gasteiger partial charge >= 0.3 is 12.1 Å². The van der Waals surface area contributed by atoms with Crippen molar-refractivity contribution in [2.45, 2.75) is 39.3 Å². The van der Waals surface area contributed by atoms with Gasteiger partial charge in [0.15, 0.2) is 0 Å². The van der Waals surface area contributed by atoms with E-state index in [0.717, 1.165) is 10.8 Å². The molecule has 0 saturated carbocycles.